The number of aliphatic hydroxyl groups is 1. The van der Waals surface area contributed by atoms with E-state index in [1.165, 1.54) is 19.3 Å². The van der Waals surface area contributed by atoms with Crippen LogP contribution in [-0.2, 0) is 9.53 Å². The molecule has 1 saturated heterocycles. The molecule has 0 radical (unpaired) electrons. The number of ether oxygens (including phenoxy) is 1. The van der Waals surface area contributed by atoms with Crippen LogP contribution < -0.4 is 5.32 Å². The number of nitrogens with one attached hydrogen (secondary N) is 1. The lowest BCUT2D eigenvalue weighted by atomic mass is 9.73. The van der Waals surface area contributed by atoms with Crippen LogP contribution in [0.5, 0.6) is 0 Å². The third-order valence-corrected chi connectivity index (χ3v) is 8.19. The summed E-state index contributed by atoms with van der Waals surface area (Å²) in [6.07, 6.45) is 3.97. The van der Waals surface area contributed by atoms with Crippen molar-refractivity contribution in [3.8, 4) is 0 Å². The molecular formula is C23H40N2O4. The van der Waals surface area contributed by atoms with Crippen molar-refractivity contribution in [2.45, 2.75) is 98.8 Å². The Labute approximate surface area is 175 Å². The van der Waals surface area contributed by atoms with E-state index in [1.54, 1.807) is 20.8 Å². The van der Waals surface area contributed by atoms with Crippen molar-refractivity contribution < 1.29 is 19.4 Å². The van der Waals surface area contributed by atoms with E-state index in [9.17, 15) is 14.7 Å². The second-order valence-electron chi connectivity index (χ2n) is 12.1. The maximum atomic E-state index is 13.7. The summed E-state index contributed by atoms with van der Waals surface area (Å²) < 4.78 is 5.41. The molecule has 0 bridgehead atoms. The molecule has 3 aliphatic rings. The number of fused-ring (bicyclic) bond motifs is 1. The van der Waals surface area contributed by atoms with E-state index in [0.717, 1.165) is 6.42 Å². The lowest BCUT2D eigenvalue weighted by molar-refractivity contribution is -0.138. The number of carbonyl (C=O) groups is 2. The highest BCUT2D eigenvalue weighted by Gasteiger charge is 2.84. The number of nitrogens with zero attached hydrogens (tertiary/aromatic N) is 1. The van der Waals surface area contributed by atoms with Crippen LogP contribution in [0.1, 0.15) is 81.1 Å². The highest BCUT2D eigenvalue weighted by molar-refractivity contribution is 5.87. The number of rotatable bonds is 3. The van der Waals surface area contributed by atoms with Gasteiger partial charge in [0.15, 0.2) is 0 Å². The lowest BCUT2D eigenvalue weighted by Crippen LogP contribution is -2.56. The molecule has 3 rings (SSSR count). The molecule has 3 fully saturated rings. The second kappa shape index (κ2) is 6.60. The topological polar surface area (TPSA) is 78.9 Å². The summed E-state index contributed by atoms with van der Waals surface area (Å²) in [6, 6.07) is -0.896. The van der Waals surface area contributed by atoms with Crippen molar-refractivity contribution in [2.24, 2.45) is 21.7 Å². The second-order valence-corrected chi connectivity index (χ2v) is 12.1. The van der Waals surface area contributed by atoms with Crippen LogP contribution in [0.15, 0.2) is 0 Å². The minimum Gasteiger partial charge on any atom is -0.444 e. The fourth-order valence-electron chi connectivity index (χ4n) is 6.35. The van der Waals surface area contributed by atoms with E-state index >= 15 is 0 Å². The monoisotopic (exact) mass is 408 g/mol. The number of alkyl carbamates (subject to hydrolysis) is 1. The zero-order valence-electron chi connectivity index (χ0n) is 19.5. The maximum Gasteiger partial charge on any atom is 0.408 e. The molecule has 2 N–H and O–H groups in total. The normalized spacial score (nSPS) is 30.8. The van der Waals surface area contributed by atoms with Crippen molar-refractivity contribution in [1.29, 1.82) is 0 Å². The molecule has 3 atom stereocenters. The number of carbonyl (C=O) groups excluding carboxylic acids is 2. The molecule has 6 nitrogen and oxygen atoms in total. The van der Waals surface area contributed by atoms with Crippen LogP contribution in [0.25, 0.3) is 0 Å². The minimum absolute atomic E-state index is 0.0387. The first-order chi connectivity index (χ1) is 13.1. The molecule has 0 aromatic rings. The molecule has 2 spiro atoms. The predicted molar refractivity (Wildman–Crippen MR) is 112 cm³/mol. The average molecular weight is 409 g/mol. The average Bonchev–Trinajstić information content (AvgIpc) is 2.77. The first kappa shape index (κ1) is 22.4. The van der Waals surface area contributed by atoms with E-state index in [1.807, 2.05) is 25.7 Å². The van der Waals surface area contributed by atoms with Gasteiger partial charge in [0.05, 0.1) is 12.6 Å². The van der Waals surface area contributed by atoms with Gasteiger partial charge in [-0.15, -0.1) is 0 Å². The van der Waals surface area contributed by atoms with Gasteiger partial charge >= 0.3 is 6.09 Å². The zero-order chi connectivity index (χ0) is 22.0. The molecule has 1 aliphatic heterocycles. The van der Waals surface area contributed by atoms with E-state index < -0.39 is 23.2 Å². The Balaban J connectivity index is 1.81. The smallest absolute Gasteiger partial charge is 0.408 e. The van der Waals surface area contributed by atoms with Crippen LogP contribution in [0.4, 0.5) is 4.79 Å². The summed E-state index contributed by atoms with van der Waals surface area (Å²) in [5.74, 6) is -0.114. The summed E-state index contributed by atoms with van der Waals surface area (Å²) in [5, 5.41) is 12.9. The fraction of sp³-hybridized carbons (Fsp3) is 0.913. The summed E-state index contributed by atoms with van der Waals surface area (Å²) in [4.78, 5) is 27.9. The molecule has 0 aromatic heterocycles. The Morgan fingerprint density at radius 3 is 2.10 bits per heavy atom. The van der Waals surface area contributed by atoms with Crippen LogP contribution in [0.3, 0.4) is 0 Å². The molecule has 2 amide bonds. The van der Waals surface area contributed by atoms with E-state index in [-0.39, 0.29) is 29.4 Å². The molecule has 0 unspecified atom stereocenters. The van der Waals surface area contributed by atoms with Gasteiger partial charge in [-0.05, 0) is 56.3 Å². The van der Waals surface area contributed by atoms with Gasteiger partial charge in [0, 0.05) is 12.0 Å². The van der Waals surface area contributed by atoms with E-state index in [0.29, 0.717) is 12.0 Å². The molecule has 2 saturated carbocycles. The Bertz CT molecular complexity index is 684. The van der Waals surface area contributed by atoms with Gasteiger partial charge in [-0.1, -0.05) is 41.0 Å². The molecule has 166 valence electrons. The third kappa shape index (κ3) is 3.26. The quantitative estimate of drug-likeness (QED) is 0.746. The number of amides is 2. The number of likely N-dealkylation sites (tertiary alicyclic amines) is 1. The van der Waals surface area contributed by atoms with Crippen molar-refractivity contribution in [2.75, 3.05) is 13.2 Å². The van der Waals surface area contributed by atoms with Crippen molar-refractivity contribution in [3.63, 3.8) is 0 Å². The van der Waals surface area contributed by atoms with Gasteiger partial charge < -0.3 is 20.1 Å². The van der Waals surface area contributed by atoms with Gasteiger partial charge in [0.1, 0.15) is 11.6 Å². The van der Waals surface area contributed by atoms with Crippen LogP contribution in [0, 0.1) is 21.7 Å². The Kier molecular flexibility index (Phi) is 5.09. The lowest BCUT2D eigenvalue weighted by Gasteiger charge is -2.36. The predicted octanol–water partition coefficient (Wildman–Crippen LogP) is 3.72. The van der Waals surface area contributed by atoms with Gasteiger partial charge in [-0.3, -0.25) is 4.79 Å². The SMILES string of the molecule is CC(C)(C)OC(=O)N[C@H](C(=O)N1C[C@]2(C[C@H]1CO)C(C)(C)C21CCC1)C(C)(C)C. The van der Waals surface area contributed by atoms with Gasteiger partial charge in [0.2, 0.25) is 5.91 Å². The molecule has 6 heteroatoms. The van der Waals surface area contributed by atoms with Crippen LogP contribution in [-0.4, -0.2) is 52.8 Å². The molecule has 0 aromatic carbocycles. The van der Waals surface area contributed by atoms with E-state index in [2.05, 4.69) is 19.2 Å². The minimum atomic E-state index is -0.708. The summed E-state index contributed by atoms with van der Waals surface area (Å²) in [7, 11) is 0. The van der Waals surface area contributed by atoms with Crippen molar-refractivity contribution >= 4 is 12.0 Å². The summed E-state index contributed by atoms with van der Waals surface area (Å²) >= 11 is 0. The molecule has 29 heavy (non-hydrogen) atoms. The number of aliphatic hydroxyl groups excluding tert-OH is 1. The van der Waals surface area contributed by atoms with Gasteiger partial charge in [0.25, 0.3) is 0 Å². The first-order valence-corrected chi connectivity index (χ1v) is 11.0. The van der Waals surface area contributed by atoms with Gasteiger partial charge in [-0.25, -0.2) is 4.79 Å². The molecule has 2 aliphatic carbocycles. The first-order valence-electron chi connectivity index (χ1n) is 11.0. The number of hydrogen-bond donors (Lipinski definition) is 2. The Morgan fingerprint density at radius 1 is 1.14 bits per heavy atom. The van der Waals surface area contributed by atoms with Crippen LogP contribution >= 0.6 is 0 Å². The third-order valence-electron chi connectivity index (χ3n) is 8.19. The maximum absolute atomic E-state index is 13.7. The largest absolute Gasteiger partial charge is 0.444 e. The number of hydrogen-bond acceptors (Lipinski definition) is 4. The molecular weight excluding hydrogens is 368 g/mol. The zero-order valence-corrected chi connectivity index (χ0v) is 19.5. The molecule has 1 heterocycles. The Hall–Kier alpha value is -1.30. The van der Waals surface area contributed by atoms with Crippen molar-refractivity contribution in [3.05, 3.63) is 0 Å². The summed E-state index contributed by atoms with van der Waals surface area (Å²) in [5.41, 5.74) is -0.503. The highest BCUT2D eigenvalue weighted by Crippen LogP contribution is 2.88. The highest BCUT2D eigenvalue weighted by atomic mass is 16.6. The fourth-order valence-corrected chi connectivity index (χ4v) is 6.35. The Morgan fingerprint density at radius 2 is 1.72 bits per heavy atom. The van der Waals surface area contributed by atoms with E-state index in [4.69, 9.17) is 4.74 Å². The van der Waals surface area contributed by atoms with Gasteiger partial charge in [-0.2, -0.15) is 0 Å². The van der Waals surface area contributed by atoms with Crippen LogP contribution in [0.2, 0.25) is 0 Å². The standard InChI is InChI=1S/C23H40N2O4/c1-19(2,3)16(24-18(28)29-20(4,5)6)17(27)25-14-23(12-15(25)13-26)21(7,8)22(23)10-9-11-22/h15-16,26H,9-14H2,1-8H3,(H,24,28)/t15-,16+,23+/m0/s1. The summed E-state index contributed by atoms with van der Waals surface area (Å²) in [6.45, 7) is 16.5. The van der Waals surface area contributed by atoms with Crippen molar-refractivity contribution in [1.82, 2.24) is 10.2 Å².